The summed E-state index contributed by atoms with van der Waals surface area (Å²) in [4.78, 5) is 23.9. The highest BCUT2D eigenvalue weighted by Gasteiger charge is 2.08. The summed E-state index contributed by atoms with van der Waals surface area (Å²) >= 11 is 0. The Morgan fingerprint density at radius 3 is 1.96 bits per heavy atom. The highest BCUT2D eigenvalue weighted by atomic mass is 16.5. The van der Waals surface area contributed by atoms with Gasteiger partial charge in [-0.3, -0.25) is 9.59 Å². The molecule has 126 valence electrons. The summed E-state index contributed by atoms with van der Waals surface area (Å²) in [7, 11) is 1.58. The molecule has 2 amide bonds. The van der Waals surface area contributed by atoms with E-state index in [4.69, 9.17) is 4.74 Å². The Kier molecular flexibility index (Phi) is 5.95. The van der Waals surface area contributed by atoms with Gasteiger partial charge in [0.15, 0.2) is 0 Å². The van der Waals surface area contributed by atoms with E-state index in [9.17, 15) is 9.59 Å². The highest BCUT2D eigenvalue weighted by Crippen LogP contribution is 2.17. The van der Waals surface area contributed by atoms with Crippen molar-refractivity contribution in [2.24, 2.45) is 5.92 Å². The molecule has 0 saturated carbocycles. The van der Waals surface area contributed by atoms with Gasteiger partial charge in [0.05, 0.1) is 7.11 Å². The minimum Gasteiger partial charge on any atom is -0.497 e. The molecule has 5 nitrogen and oxygen atoms in total. The molecule has 0 saturated heterocycles. The number of ether oxygens (including phenoxy) is 1. The van der Waals surface area contributed by atoms with Gasteiger partial charge in [-0.2, -0.15) is 0 Å². The molecular formula is C19H22N2O3. The molecule has 0 bridgehead atoms. The lowest BCUT2D eigenvalue weighted by atomic mass is 10.1. The Bertz CT molecular complexity index is 692. The molecule has 24 heavy (non-hydrogen) atoms. The molecule has 0 heterocycles. The van der Waals surface area contributed by atoms with Crippen molar-refractivity contribution < 1.29 is 14.3 Å². The second-order valence-corrected chi connectivity index (χ2v) is 5.91. The lowest BCUT2D eigenvalue weighted by Crippen LogP contribution is -2.14. The summed E-state index contributed by atoms with van der Waals surface area (Å²) in [5.74, 6) is 0.801. The normalized spacial score (nSPS) is 10.3. The van der Waals surface area contributed by atoms with Crippen LogP contribution in [-0.2, 0) is 4.79 Å². The zero-order valence-electron chi connectivity index (χ0n) is 14.1. The van der Waals surface area contributed by atoms with E-state index in [1.54, 1.807) is 55.6 Å². The number of amides is 2. The van der Waals surface area contributed by atoms with Crippen LogP contribution in [-0.4, -0.2) is 18.9 Å². The summed E-state index contributed by atoms with van der Waals surface area (Å²) in [5.41, 5.74) is 1.92. The first kappa shape index (κ1) is 17.5. The predicted octanol–water partition coefficient (Wildman–Crippen LogP) is 3.93. The van der Waals surface area contributed by atoms with Crippen molar-refractivity contribution in [3.05, 3.63) is 54.1 Å². The maximum Gasteiger partial charge on any atom is 0.255 e. The van der Waals surface area contributed by atoms with Crippen LogP contribution in [0.2, 0.25) is 0 Å². The van der Waals surface area contributed by atoms with E-state index in [1.807, 2.05) is 13.8 Å². The van der Waals surface area contributed by atoms with Gasteiger partial charge in [0, 0.05) is 23.4 Å². The second kappa shape index (κ2) is 8.15. The van der Waals surface area contributed by atoms with Crippen LogP contribution in [0.4, 0.5) is 11.4 Å². The smallest absolute Gasteiger partial charge is 0.255 e. The summed E-state index contributed by atoms with van der Waals surface area (Å²) in [6, 6.07) is 13.9. The standard InChI is InChI=1S/C19H22N2O3/c1-13(2)12-18(22)20-15-6-8-16(9-7-15)21-19(23)14-4-10-17(24-3)11-5-14/h4-11,13H,12H2,1-3H3,(H,20,22)(H,21,23). The molecule has 0 unspecified atom stereocenters. The third kappa shape index (κ3) is 5.12. The van der Waals surface area contributed by atoms with Crippen LogP contribution in [0.15, 0.2) is 48.5 Å². The van der Waals surface area contributed by atoms with Gasteiger partial charge in [0.1, 0.15) is 5.75 Å². The molecule has 0 fully saturated rings. The van der Waals surface area contributed by atoms with Gasteiger partial charge in [0.25, 0.3) is 5.91 Å². The summed E-state index contributed by atoms with van der Waals surface area (Å²) in [6.45, 7) is 3.99. The van der Waals surface area contributed by atoms with Crippen molar-refractivity contribution in [1.29, 1.82) is 0 Å². The van der Waals surface area contributed by atoms with Gasteiger partial charge in [-0.1, -0.05) is 13.8 Å². The predicted molar refractivity (Wildman–Crippen MR) is 95.5 cm³/mol. The van der Waals surface area contributed by atoms with Gasteiger partial charge in [0.2, 0.25) is 5.91 Å². The fraction of sp³-hybridized carbons (Fsp3) is 0.263. The molecule has 2 aromatic rings. The topological polar surface area (TPSA) is 67.4 Å². The van der Waals surface area contributed by atoms with Gasteiger partial charge >= 0.3 is 0 Å². The van der Waals surface area contributed by atoms with E-state index in [2.05, 4.69) is 10.6 Å². The molecule has 0 aliphatic heterocycles. The lowest BCUT2D eigenvalue weighted by Gasteiger charge is -2.09. The highest BCUT2D eigenvalue weighted by molar-refractivity contribution is 6.04. The number of carbonyl (C=O) groups is 2. The zero-order chi connectivity index (χ0) is 17.5. The number of anilines is 2. The molecule has 2 aromatic carbocycles. The SMILES string of the molecule is COc1ccc(C(=O)Nc2ccc(NC(=O)CC(C)C)cc2)cc1. The van der Waals surface area contributed by atoms with Crippen molar-refractivity contribution >= 4 is 23.2 Å². The minimum atomic E-state index is -0.200. The average molecular weight is 326 g/mol. The maximum atomic E-state index is 12.2. The second-order valence-electron chi connectivity index (χ2n) is 5.91. The quantitative estimate of drug-likeness (QED) is 0.845. The number of nitrogens with one attached hydrogen (secondary N) is 2. The number of rotatable bonds is 6. The van der Waals surface area contributed by atoms with Crippen LogP contribution in [0.25, 0.3) is 0 Å². The van der Waals surface area contributed by atoms with E-state index < -0.39 is 0 Å². The van der Waals surface area contributed by atoms with Crippen LogP contribution >= 0.6 is 0 Å². The van der Waals surface area contributed by atoms with E-state index >= 15 is 0 Å². The zero-order valence-corrected chi connectivity index (χ0v) is 14.1. The largest absolute Gasteiger partial charge is 0.497 e. The Morgan fingerprint density at radius 1 is 0.917 bits per heavy atom. The van der Waals surface area contributed by atoms with Crippen LogP contribution in [0, 0.1) is 5.92 Å². The van der Waals surface area contributed by atoms with E-state index in [1.165, 1.54) is 0 Å². The first-order valence-corrected chi connectivity index (χ1v) is 7.83. The van der Waals surface area contributed by atoms with Crippen molar-refractivity contribution in [1.82, 2.24) is 0 Å². The number of carbonyl (C=O) groups excluding carboxylic acids is 2. The maximum absolute atomic E-state index is 12.2. The van der Waals surface area contributed by atoms with Crippen molar-refractivity contribution in [3.8, 4) is 5.75 Å². The molecule has 5 heteroatoms. The number of methoxy groups -OCH3 is 1. The Balaban J connectivity index is 1.95. The summed E-state index contributed by atoms with van der Waals surface area (Å²) in [5, 5.41) is 5.65. The van der Waals surface area contributed by atoms with Gasteiger partial charge < -0.3 is 15.4 Å². The van der Waals surface area contributed by atoms with E-state index in [0.717, 1.165) is 0 Å². The molecular weight excluding hydrogens is 304 g/mol. The number of benzene rings is 2. The van der Waals surface area contributed by atoms with Gasteiger partial charge in [-0.05, 0) is 54.4 Å². The number of hydrogen-bond donors (Lipinski definition) is 2. The van der Waals surface area contributed by atoms with E-state index in [0.29, 0.717) is 35.0 Å². The lowest BCUT2D eigenvalue weighted by molar-refractivity contribution is -0.116. The first-order chi connectivity index (χ1) is 11.5. The van der Waals surface area contributed by atoms with Gasteiger partial charge in [-0.15, -0.1) is 0 Å². The van der Waals surface area contributed by atoms with Crippen molar-refractivity contribution in [2.75, 3.05) is 17.7 Å². The molecule has 2 N–H and O–H groups in total. The fourth-order valence-corrected chi connectivity index (χ4v) is 2.17. The number of hydrogen-bond acceptors (Lipinski definition) is 3. The van der Waals surface area contributed by atoms with E-state index in [-0.39, 0.29) is 11.8 Å². The van der Waals surface area contributed by atoms with Crippen molar-refractivity contribution in [2.45, 2.75) is 20.3 Å². The molecule has 0 aliphatic rings. The minimum absolute atomic E-state index is 0.0139. The van der Waals surface area contributed by atoms with Crippen LogP contribution in [0.3, 0.4) is 0 Å². The van der Waals surface area contributed by atoms with Crippen molar-refractivity contribution in [3.63, 3.8) is 0 Å². The van der Waals surface area contributed by atoms with Crippen LogP contribution in [0.1, 0.15) is 30.6 Å². The molecule has 0 atom stereocenters. The Labute approximate surface area is 142 Å². The average Bonchev–Trinajstić information content (AvgIpc) is 2.56. The van der Waals surface area contributed by atoms with Gasteiger partial charge in [-0.25, -0.2) is 0 Å². The first-order valence-electron chi connectivity index (χ1n) is 7.83. The summed E-state index contributed by atoms with van der Waals surface area (Å²) in [6.07, 6.45) is 0.482. The molecule has 0 spiro atoms. The fourth-order valence-electron chi connectivity index (χ4n) is 2.17. The third-order valence-electron chi connectivity index (χ3n) is 3.37. The third-order valence-corrected chi connectivity index (χ3v) is 3.37. The Hall–Kier alpha value is -2.82. The molecule has 0 aromatic heterocycles. The van der Waals surface area contributed by atoms with Crippen LogP contribution < -0.4 is 15.4 Å². The monoisotopic (exact) mass is 326 g/mol. The van der Waals surface area contributed by atoms with Crippen LogP contribution in [0.5, 0.6) is 5.75 Å². The Morgan fingerprint density at radius 2 is 1.46 bits per heavy atom. The molecule has 0 aliphatic carbocycles. The molecule has 0 radical (unpaired) electrons. The molecule has 2 rings (SSSR count). The summed E-state index contributed by atoms with van der Waals surface area (Å²) < 4.78 is 5.07.